The van der Waals surface area contributed by atoms with Gasteiger partial charge in [-0.2, -0.15) is 0 Å². The average Bonchev–Trinajstić information content (AvgIpc) is 3.45. The molecule has 1 saturated heterocycles. The molecule has 2 aliphatic rings. The van der Waals surface area contributed by atoms with Crippen LogP contribution in [0.4, 0.5) is 0 Å². The molecule has 1 saturated carbocycles. The maximum Gasteiger partial charge on any atom is 0.252 e. The predicted molar refractivity (Wildman–Crippen MR) is 109 cm³/mol. The highest BCUT2D eigenvalue weighted by Crippen LogP contribution is 2.25. The normalized spacial score (nSPS) is 18.4. The van der Waals surface area contributed by atoms with Gasteiger partial charge >= 0.3 is 0 Å². The van der Waals surface area contributed by atoms with Crippen molar-refractivity contribution in [1.29, 1.82) is 0 Å². The first-order valence-electron chi connectivity index (χ1n) is 9.59. The lowest BCUT2D eigenvalue weighted by Crippen LogP contribution is -2.47. The highest BCUT2D eigenvalue weighted by Gasteiger charge is 2.29. The van der Waals surface area contributed by atoms with Gasteiger partial charge in [-0.05, 0) is 59.8 Å². The van der Waals surface area contributed by atoms with Crippen molar-refractivity contribution in [2.45, 2.75) is 56.5 Å². The standard InChI is InChI=1S/C19H26BrN3O4S/c1-12(2)19(25)23-9-7-13(8-10-23)21-18(24)16-11-15(5-6-17(16)20)28(26,27)22-14-3-4-14/h5-6,11-14,22H,3-4,7-10H2,1-2H3,(H,21,24). The highest BCUT2D eigenvalue weighted by molar-refractivity contribution is 9.10. The monoisotopic (exact) mass is 471 g/mol. The van der Waals surface area contributed by atoms with Gasteiger partial charge < -0.3 is 10.2 Å². The second kappa shape index (κ2) is 8.51. The zero-order chi connectivity index (χ0) is 20.5. The maximum absolute atomic E-state index is 12.7. The van der Waals surface area contributed by atoms with Crippen LogP contribution < -0.4 is 10.0 Å². The van der Waals surface area contributed by atoms with Crippen LogP contribution in [0.3, 0.4) is 0 Å². The number of piperidine rings is 1. The number of benzene rings is 1. The molecule has 1 aliphatic heterocycles. The van der Waals surface area contributed by atoms with Crippen molar-refractivity contribution in [1.82, 2.24) is 14.9 Å². The van der Waals surface area contributed by atoms with Crippen LogP contribution in [0.5, 0.6) is 0 Å². The van der Waals surface area contributed by atoms with Crippen LogP contribution >= 0.6 is 15.9 Å². The molecule has 1 aromatic carbocycles. The van der Waals surface area contributed by atoms with Gasteiger partial charge in [0.05, 0.1) is 10.5 Å². The van der Waals surface area contributed by atoms with Gasteiger partial charge in [-0.15, -0.1) is 0 Å². The van der Waals surface area contributed by atoms with Crippen LogP contribution in [-0.2, 0) is 14.8 Å². The van der Waals surface area contributed by atoms with Gasteiger partial charge in [0.2, 0.25) is 15.9 Å². The third-order valence-corrected chi connectivity index (χ3v) is 7.24. The first kappa shape index (κ1) is 21.3. The van der Waals surface area contributed by atoms with Gasteiger partial charge in [0.1, 0.15) is 0 Å². The lowest BCUT2D eigenvalue weighted by atomic mass is 10.0. The summed E-state index contributed by atoms with van der Waals surface area (Å²) in [5.41, 5.74) is 0.291. The van der Waals surface area contributed by atoms with Gasteiger partial charge in [0, 0.05) is 35.6 Å². The first-order valence-corrected chi connectivity index (χ1v) is 11.9. The largest absolute Gasteiger partial charge is 0.349 e. The summed E-state index contributed by atoms with van der Waals surface area (Å²) in [6.07, 6.45) is 3.06. The quantitative estimate of drug-likeness (QED) is 0.664. The first-order chi connectivity index (χ1) is 13.2. The fraction of sp³-hybridized carbons (Fsp3) is 0.579. The van der Waals surface area contributed by atoms with Gasteiger partial charge in [-0.1, -0.05) is 13.8 Å². The minimum absolute atomic E-state index is 0.00431. The molecular formula is C19H26BrN3O4S. The molecule has 28 heavy (non-hydrogen) atoms. The second-order valence-corrected chi connectivity index (χ2v) is 10.3. The number of nitrogens with one attached hydrogen (secondary N) is 2. The Morgan fingerprint density at radius 2 is 1.75 bits per heavy atom. The number of likely N-dealkylation sites (tertiary alicyclic amines) is 1. The summed E-state index contributed by atoms with van der Waals surface area (Å²) in [6.45, 7) is 4.99. The van der Waals surface area contributed by atoms with E-state index < -0.39 is 10.0 Å². The Morgan fingerprint density at radius 3 is 2.32 bits per heavy atom. The Morgan fingerprint density at radius 1 is 1.11 bits per heavy atom. The van der Waals surface area contributed by atoms with E-state index in [4.69, 9.17) is 0 Å². The van der Waals surface area contributed by atoms with E-state index in [-0.39, 0.29) is 34.7 Å². The number of halogens is 1. The maximum atomic E-state index is 12.7. The molecule has 0 unspecified atom stereocenters. The molecule has 0 atom stereocenters. The Bertz CT molecular complexity index is 860. The van der Waals surface area contributed by atoms with Crippen molar-refractivity contribution < 1.29 is 18.0 Å². The number of nitrogens with zero attached hydrogens (tertiary/aromatic N) is 1. The molecule has 1 aliphatic carbocycles. The van der Waals surface area contributed by atoms with Crippen LogP contribution in [0.2, 0.25) is 0 Å². The van der Waals surface area contributed by atoms with E-state index in [1.54, 1.807) is 6.07 Å². The SMILES string of the molecule is CC(C)C(=O)N1CCC(NC(=O)c2cc(S(=O)(=O)NC3CC3)ccc2Br)CC1. The van der Waals surface area contributed by atoms with Gasteiger partial charge in [0.15, 0.2) is 0 Å². The summed E-state index contributed by atoms with van der Waals surface area (Å²) in [6, 6.07) is 4.44. The smallest absolute Gasteiger partial charge is 0.252 e. The molecule has 1 aromatic rings. The molecule has 9 heteroatoms. The summed E-state index contributed by atoms with van der Waals surface area (Å²) in [5.74, 6) is -0.214. The van der Waals surface area contributed by atoms with E-state index >= 15 is 0 Å². The average molecular weight is 472 g/mol. The third kappa shape index (κ3) is 5.12. The molecule has 0 aromatic heterocycles. The van der Waals surface area contributed by atoms with Crippen LogP contribution in [0.1, 0.15) is 49.9 Å². The van der Waals surface area contributed by atoms with Crippen molar-refractivity contribution in [3.63, 3.8) is 0 Å². The number of hydrogen-bond donors (Lipinski definition) is 2. The Labute approximate surface area is 174 Å². The molecular weight excluding hydrogens is 446 g/mol. The van der Waals surface area contributed by atoms with Crippen molar-refractivity contribution in [2.75, 3.05) is 13.1 Å². The minimum atomic E-state index is -3.62. The summed E-state index contributed by atoms with van der Waals surface area (Å²) < 4.78 is 28.0. The number of hydrogen-bond acceptors (Lipinski definition) is 4. The zero-order valence-electron chi connectivity index (χ0n) is 16.1. The molecule has 0 spiro atoms. The van der Waals surface area contributed by atoms with Crippen molar-refractivity contribution in [2.24, 2.45) is 5.92 Å². The zero-order valence-corrected chi connectivity index (χ0v) is 18.5. The topological polar surface area (TPSA) is 95.6 Å². The second-order valence-electron chi connectivity index (χ2n) is 7.76. The van der Waals surface area contributed by atoms with Gasteiger partial charge in [-0.3, -0.25) is 9.59 Å². The Balaban J connectivity index is 1.64. The Hall–Kier alpha value is -1.45. The summed E-state index contributed by atoms with van der Waals surface area (Å²) in [5, 5.41) is 2.97. The highest BCUT2D eigenvalue weighted by atomic mass is 79.9. The molecule has 1 heterocycles. The molecule has 0 radical (unpaired) electrons. The van der Waals surface area contributed by atoms with Crippen LogP contribution in [-0.4, -0.2) is 50.3 Å². The summed E-state index contributed by atoms with van der Waals surface area (Å²) in [7, 11) is -3.62. The summed E-state index contributed by atoms with van der Waals surface area (Å²) >= 11 is 3.34. The lowest BCUT2D eigenvalue weighted by molar-refractivity contribution is -0.135. The number of rotatable bonds is 6. The van der Waals surface area contributed by atoms with Crippen molar-refractivity contribution >= 4 is 37.8 Å². The predicted octanol–water partition coefficient (Wildman–Crippen LogP) is 2.27. The number of carbonyl (C=O) groups excluding carboxylic acids is 2. The van der Waals surface area contributed by atoms with Crippen molar-refractivity contribution in [3.05, 3.63) is 28.2 Å². The van der Waals surface area contributed by atoms with Crippen LogP contribution in [0, 0.1) is 5.92 Å². The summed E-state index contributed by atoms with van der Waals surface area (Å²) in [4.78, 5) is 26.7. The van der Waals surface area contributed by atoms with Crippen LogP contribution in [0.15, 0.2) is 27.6 Å². The molecule has 3 rings (SSSR count). The van der Waals surface area contributed by atoms with Gasteiger partial charge in [0.25, 0.3) is 5.91 Å². The molecule has 2 N–H and O–H groups in total. The third-order valence-electron chi connectivity index (χ3n) is 5.03. The number of sulfonamides is 1. The van der Waals surface area contributed by atoms with E-state index in [9.17, 15) is 18.0 Å². The molecule has 7 nitrogen and oxygen atoms in total. The van der Waals surface area contributed by atoms with E-state index in [1.807, 2.05) is 18.7 Å². The fourth-order valence-corrected chi connectivity index (χ4v) is 4.96. The van der Waals surface area contributed by atoms with Crippen molar-refractivity contribution in [3.8, 4) is 0 Å². The molecule has 2 fully saturated rings. The fourth-order valence-electron chi connectivity index (χ4n) is 3.21. The van der Waals surface area contributed by atoms with E-state index in [0.29, 0.717) is 36.0 Å². The molecule has 2 amide bonds. The van der Waals surface area contributed by atoms with Crippen LogP contribution in [0.25, 0.3) is 0 Å². The molecule has 154 valence electrons. The number of amides is 2. The lowest BCUT2D eigenvalue weighted by Gasteiger charge is -2.33. The van der Waals surface area contributed by atoms with E-state index in [1.165, 1.54) is 12.1 Å². The number of carbonyl (C=O) groups is 2. The minimum Gasteiger partial charge on any atom is -0.349 e. The molecule has 0 bridgehead atoms. The van der Waals surface area contributed by atoms with E-state index in [0.717, 1.165) is 12.8 Å². The Kier molecular flexibility index (Phi) is 6.46. The van der Waals surface area contributed by atoms with E-state index in [2.05, 4.69) is 26.0 Å². The van der Waals surface area contributed by atoms with Gasteiger partial charge in [-0.25, -0.2) is 13.1 Å².